The molecule has 0 saturated carbocycles. The topological polar surface area (TPSA) is 220 Å². The molecular formula is C44H66CaO14S2. The Labute approximate surface area is 394 Å². The zero-order valence-corrected chi connectivity index (χ0v) is 40.4. The fourth-order valence-corrected chi connectivity index (χ4v) is 6.48. The van der Waals surface area contributed by atoms with Gasteiger partial charge in [-0.2, -0.15) is 0 Å². The number of carbonyl (C=O) groups is 4. The van der Waals surface area contributed by atoms with E-state index in [0.717, 1.165) is 38.5 Å². The van der Waals surface area contributed by atoms with Gasteiger partial charge in [0.2, 0.25) is 0 Å². The van der Waals surface area contributed by atoms with Crippen molar-refractivity contribution in [3.63, 3.8) is 0 Å². The fraction of sp³-hybridized carbons (Fsp3) is 0.636. The van der Waals surface area contributed by atoms with Crippen molar-refractivity contribution < 1.29 is 64.1 Å². The maximum absolute atomic E-state index is 12.3. The Bertz CT molecular complexity index is 1650. The van der Waals surface area contributed by atoms with Crippen LogP contribution < -0.4 is 0 Å². The van der Waals surface area contributed by atoms with E-state index in [2.05, 4.69) is 13.8 Å². The van der Waals surface area contributed by atoms with Crippen LogP contribution in [-0.2, 0) is 39.2 Å². The van der Waals surface area contributed by atoms with Crippen LogP contribution in [-0.4, -0.2) is 124 Å². The summed E-state index contributed by atoms with van der Waals surface area (Å²) in [6, 6.07) is 12.3. The van der Waals surface area contributed by atoms with Gasteiger partial charge in [-0.1, -0.05) is 128 Å². The fourth-order valence-electron chi connectivity index (χ4n) is 5.71. The first-order valence-electron chi connectivity index (χ1n) is 21.3. The van der Waals surface area contributed by atoms with Gasteiger partial charge in [0.15, 0.2) is 0 Å². The molecule has 2 aromatic carbocycles. The molecule has 2 unspecified atom stereocenters. The molecule has 61 heavy (non-hydrogen) atoms. The second-order valence-corrected chi connectivity index (χ2v) is 18.3. The molecule has 0 saturated heterocycles. The summed E-state index contributed by atoms with van der Waals surface area (Å²) < 4.78 is 86.0. The first-order valence-corrected chi connectivity index (χ1v) is 24.2. The van der Waals surface area contributed by atoms with Crippen LogP contribution in [0.25, 0.3) is 0 Å². The van der Waals surface area contributed by atoms with Gasteiger partial charge in [-0.05, 0) is 63.8 Å². The van der Waals surface area contributed by atoms with Gasteiger partial charge in [0.25, 0.3) is 0 Å². The van der Waals surface area contributed by atoms with Crippen molar-refractivity contribution >= 4 is 81.9 Å². The molecule has 2 atom stereocenters. The number of hydrogen-bond donors (Lipinski definition) is 0. The van der Waals surface area contributed by atoms with Gasteiger partial charge in [-0.3, -0.25) is 0 Å². The van der Waals surface area contributed by atoms with Crippen LogP contribution >= 0.6 is 0 Å². The Morgan fingerprint density at radius 1 is 0.443 bits per heavy atom. The quantitative estimate of drug-likeness (QED) is 0.0236. The number of hydrogen-bond acceptors (Lipinski definition) is 14. The van der Waals surface area contributed by atoms with Crippen molar-refractivity contribution in [1.29, 1.82) is 0 Å². The Balaban J connectivity index is 0.00000116. The van der Waals surface area contributed by atoms with Crippen molar-refractivity contribution in [2.75, 3.05) is 26.4 Å². The van der Waals surface area contributed by atoms with E-state index in [0.29, 0.717) is 0 Å². The van der Waals surface area contributed by atoms with E-state index >= 15 is 0 Å². The first kappa shape index (κ1) is 58.4. The summed E-state index contributed by atoms with van der Waals surface area (Å²) in [4.78, 5) is 49.2. The zero-order chi connectivity index (χ0) is 44.8. The molecular weight excluding hydrogens is 857 g/mol. The Morgan fingerprint density at radius 2 is 0.672 bits per heavy atom. The van der Waals surface area contributed by atoms with Crippen molar-refractivity contribution in [3.8, 4) is 0 Å². The molecule has 0 fully saturated rings. The molecule has 2 aromatic rings. The molecule has 0 amide bonds. The number of carbonyl (C=O) groups excluding carboxylic acids is 4. The van der Waals surface area contributed by atoms with Crippen molar-refractivity contribution in [1.82, 2.24) is 0 Å². The molecule has 0 N–H and O–H groups in total. The minimum Gasteiger partial charge on any atom is -0.748 e. The summed E-state index contributed by atoms with van der Waals surface area (Å²) in [5.74, 6) is -2.71. The minimum atomic E-state index is -4.43. The third-order valence-corrected chi connectivity index (χ3v) is 12.1. The van der Waals surface area contributed by atoms with Crippen LogP contribution in [0.5, 0.6) is 0 Å². The van der Waals surface area contributed by atoms with E-state index in [1.54, 1.807) is 24.3 Å². The molecule has 0 aliphatic rings. The Morgan fingerprint density at radius 3 is 0.918 bits per heavy atom. The molecule has 0 spiro atoms. The van der Waals surface area contributed by atoms with E-state index in [9.17, 15) is 45.1 Å². The smallest absolute Gasteiger partial charge is 0.748 e. The number of rotatable bonds is 30. The van der Waals surface area contributed by atoms with E-state index < -0.39 is 54.6 Å². The molecule has 0 aromatic heterocycles. The largest absolute Gasteiger partial charge is 2.00 e. The third-order valence-electron chi connectivity index (χ3n) is 9.70. The summed E-state index contributed by atoms with van der Waals surface area (Å²) in [6.07, 6.45) is 17.9. The summed E-state index contributed by atoms with van der Waals surface area (Å²) in [7, 11) is -8.85. The molecule has 0 bridgehead atoms. The average molecular weight is 923 g/mol. The van der Waals surface area contributed by atoms with Gasteiger partial charge in [0, 0.05) is 10.5 Å². The van der Waals surface area contributed by atoms with E-state index in [1.807, 2.05) is 0 Å². The molecule has 340 valence electrons. The number of esters is 4. The second kappa shape index (κ2) is 33.9. The van der Waals surface area contributed by atoms with Crippen LogP contribution in [0.1, 0.15) is 185 Å². The summed E-state index contributed by atoms with van der Waals surface area (Å²) in [5, 5.41) is -2.31. The van der Waals surface area contributed by atoms with Gasteiger partial charge >= 0.3 is 61.6 Å². The van der Waals surface area contributed by atoms with Crippen molar-refractivity contribution in [3.05, 3.63) is 70.8 Å². The van der Waals surface area contributed by atoms with Gasteiger partial charge in [-0.25, -0.2) is 36.0 Å². The van der Waals surface area contributed by atoms with Crippen molar-refractivity contribution in [2.45, 2.75) is 154 Å². The average Bonchev–Trinajstić information content (AvgIpc) is 3.21. The Kier molecular flexibility index (Phi) is 32.4. The van der Waals surface area contributed by atoms with E-state index in [-0.39, 0.29) is 99.3 Å². The molecule has 2 rings (SSSR count). The van der Waals surface area contributed by atoms with Gasteiger partial charge in [0.1, 0.15) is 0 Å². The van der Waals surface area contributed by atoms with Gasteiger partial charge in [0.05, 0.1) is 68.9 Å². The SMILES string of the molecule is CCCCCCCCCCOC(=O)c1ccccc1C(=O)OCCC(C)S(=O)(=O)[O-].CCCCCCCCCCOC(=O)c1ccccc1C(=O)OCCC(C)S(=O)(=O)[O-].[Ca+2]. The summed E-state index contributed by atoms with van der Waals surface area (Å²) >= 11 is 0. The summed E-state index contributed by atoms with van der Waals surface area (Å²) in [5.41, 5.74) is 0.310. The Hall–Kier alpha value is -2.60. The molecule has 0 radical (unpaired) electrons. The number of ether oxygens (including phenoxy) is 4. The van der Waals surface area contributed by atoms with Crippen LogP contribution in [0.4, 0.5) is 0 Å². The van der Waals surface area contributed by atoms with E-state index in [4.69, 9.17) is 18.9 Å². The van der Waals surface area contributed by atoms with Gasteiger partial charge in [-0.15, -0.1) is 0 Å². The standard InChI is InChI=1S/2C22H34O7S.Ca/c2*1-3-4-5-6-7-8-9-12-16-28-21(23)19-13-10-11-14-20(19)22(24)29-17-15-18(2)30(25,26)27;/h2*10-11,13-14,18H,3-9,12,15-17H2,1-2H3,(H,25,26,27);/q;;+2/p-2. The van der Waals surface area contributed by atoms with E-state index in [1.165, 1.54) is 102 Å². The monoisotopic (exact) mass is 922 g/mol. The van der Waals surface area contributed by atoms with Gasteiger partial charge < -0.3 is 28.1 Å². The maximum atomic E-state index is 12.3. The van der Waals surface area contributed by atoms with Crippen molar-refractivity contribution in [2.24, 2.45) is 0 Å². The molecule has 14 nitrogen and oxygen atoms in total. The summed E-state index contributed by atoms with van der Waals surface area (Å²) in [6.45, 7) is 7.00. The second-order valence-electron chi connectivity index (χ2n) is 14.8. The molecule has 17 heteroatoms. The van der Waals surface area contributed by atoms with Crippen LogP contribution in [0.2, 0.25) is 0 Å². The minimum absolute atomic E-state index is 0. The van der Waals surface area contributed by atoms with Crippen LogP contribution in [0.3, 0.4) is 0 Å². The van der Waals surface area contributed by atoms with Crippen LogP contribution in [0, 0.1) is 0 Å². The first-order chi connectivity index (χ1) is 28.5. The zero-order valence-electron chi connectivity index (χ0n) is 36.6. The van der Waals surface area contributed by atoms with Crippen LogP contribution in [0.15, 0.2) is 48.5 Å². The maximum Gasteiger partial charge on any atom is 2.00 e. The molecule has 0 aliphatic heterocycles. The predicted molar refractivity (Wildman–Crippen MR) is 233 cm³/mol. The molecule has 0 heterocycles. The predicted octanol–water partition coefficient (Wildman–Crippen LogP) is 8.55. The molecule has 0 aliphatic carbocycles. The third kappa shape index (κ3) is 26.6. The number of benzene rings is 2. The normalized spacial score (nSPS) is 12.2. The number of unbranched alkanes of at least 4 members (excludes halogenated alkanes) is 14.